The number of rotatable bonds is 0. The fraction of sp³-hybridized carbons (Fsp3) is 0.600. The second-order valence-electron chi connectivity index (χ2n) is 1.76. The molecule has 0 N–H and O–H groups in total. The van der Waals surface area contributed by atoms with Crippen molar-refractivity contribution in [2.45, 2.75) is 0 Å². The van der Waals surface area contributed by atoms with Gasteiger partial charge in [-0.15, -0.1) is 4.99 Å². The van der Waals surface area contributed by atoms with Gasteiger partial charge in [0.25, 0.3) is 0 Å². The molecule has 0 aromatic rings. The van der Waals surface area contributed by atoms with Gasteiger partial charge in [-0.05, 0) is 0 Å². The second-order valence-corrected chi connectivity index (χ2v) is 2.83. The van der Waals surface area contributed by atoms with Crippen molar-refractivity contribution in [2.75, 3.05) is 19.3 Å². The Hall–Kier alpha value is -0.690. The van der Waals surface area contributed by atoms with Gasteiger partial charge in [-0.3, -0.25) is 0 Å². The zero-order chi connectivity index (χ0) is 6.69. The van der Waals surface area contributed by atoms with Gasteiger partial charge in [-0.1, -0.05) is 11.8 Å². The van der Waals surface area contributed by atoms with E-state index >= 15 is 0 Å². The monoisotopic (exact) mass is 141 g/mol. The van der Waals surface area contributed by atoms with Crippen molar-refractivity contribution in [3.8, 4) is 6.19 Å². The van der Waals surface area contributed by atoms with E-state index in [-0.39, 0.29) is 0 Å². The first-order valence-electron chi connectivity index (χ1n) is 2.65. The van der Waals surface area contributed by atoms with E-state index in [2.05, 4.69) is 4.99 Å². The fourth-order valence-corrected chi connectivity index (χ4v) is 1.60. The van der Waals surface area contributed by atoms with E-state index in [1.165, 1.54) is 0 Å². The normalized spacial score (nSPS) is 22.7. The fourth-order valence-electron chi connectivity index (χ4n) is 0.640. The highest BCUT2D eigenvalue weighted by molar-refractivity contribution is 8.14. The Morgan fingerprint density at radius 1 is 1.89 bits per heavy atom. The molecule has 1 fully saturated rings. The molecule has 0 aromatic carbocycles. The quantitative estimate of drug-likeness (QED) is 0.461. The summed E-state index contributed by atoms with van der Waals surface area (Å²) in [6.45, 7) is 1.01. The van der Waals surface area contributed by atoms with Gasteiger partial charge in [0.2, 0.25) is 6.19 Å². The Morgan fingerprint density at radius 3 is 3.11 bits per heavy atom. The Morgan fingerprint density at radius 2 is 2.67 bits per heavy atom. The van der Waals surface area contributed by atoms with Gasteiger partial charge < -0.3 is 4.90 Å². The smallest absolute Gasteiger partial charge is 0.208 e. The number of nitriles is 1. The molecule has 3 nitrogen and oxygen atoms in total. The number of nitrogens with zero attached hydrogens (tertiary/aromatic N) is 3. The van der Waals surface area contributed by atoms with E-state index in [0.717, 1.165) is 17.5 Å². The molecule has 1 aliphatic heterocycles. The second kappa shape index (κ2) is 2.74. The molecule has 0 atom stereocenters. The van der Waals surface area contributed by atoms with E-state index in [0.29, 0.717) is 0 Å². The largest absolute Gasteiger partial charge is 0.353 e. The molecule has 0 spiro atoms. The van der Waals surface area contributed by atoms with Crippen molar-refractivity contribution in [1.82, 2.24) is 4.90 Å². The predicted molar refractivity (Wildman–Crippen MR) is 38.1 cm³/mol. The lowest BCUT2D eigenvalue weighted by Crippen LogP contribution is -2.17. The van der Waals surface area contributed by atoms with Crippen LogP contribution in [0.5, 0.6) is 0 Å². The van der Waals surface area contributed by atoms with Crippen LogP contribution in [0.1, 0.15) is 0 Å². The molecule has 1 rings (SSSR count). The molecule has 48 valence electrons. The van der Waals surface area contributed by atoms with Crippen LogP contribution >= 0.6 is 11.8 Å². The summed E-state index contributed by atoms with van der Waals surface area (Å²) in [5, 5.41) is 9.01. The number of hydrogen-bond acceptors (Lipinski definition) is 3. The predicted octanol–water partition coefficient (Wildman–Crippen LogP) is 0.502. The lowest BCUT2D eigenvalue weighted by molar-refractivity contribution is 0.563. The summed E-state index contributed by atoms with van der Waals surface area (Å²) in [5.41, 5.74) is 0. The zero-order valence-corrected chi connectivity index (χ0v) is 5.98. The molecule has 0 bridgehead atoms. The highest BCUT2D eigenvalue weighted by Crippen LogP contribution is 2.14. The van der Waals surface area contributed by atoms with Gasteiger partial charge in [0, 0.05) is 19.3 Å². The highest BCUT2D eigenvalue weighted by Gasteiger charge is 2.13. The molecule has 1 aliphatic rings. The van der Waals surface area contributed by atoms with Crippen molar-refractivity contribution >= 4 is 16.9 Å². The minimum absolute atomic E-state index is 0.845. The molecule has 1 heterocycles. The molecule has 0 radical (unpaired) electrons. The van der Waals surface area contributed by atoms with Crippen LogP contribution in [0.15, 0.2) is 4.99 Å². The van der Waals surface area contributed by atoms with Gasteiger partial charge in [0.15, 0.2) is 5.17 Å². The number of aliphatic imine (C=N–C) groups is 1. The lowest BCUT2D eigenvalue weighted by atomic mass is 10.7. The topological polar surface area (TPSA) is 39.4 Å². The van der Waals surface area contributed by atoms with Crippen LogP contribution < -0.4 is 0 Å². The highest BCUT2D eigenvalue weighted by atomic mass is 32.2. The standard InChI is InChI=1S/C5H7N3S/c1-8-2-3-9-5(8)7-4-6/h2-3H2,1H3/b7-5+. The van der Waals surface area contributed by atoms with Crippen LogP contribution in [0.2, 0.25) is 0 Å². The average Bonchev–Trinajstić information content (AvgIpc) is 2.18. The molecule has 4 heteroatoms. The van der Waals surface area contributed by atoms with Gasteiger partial charge in [-0.25, -0.2) is 0 Å². The third-order valence-electron chi connectivity index (χ3n) is 1.13. The first kappa shape index (κ1) is 6.43. The van der Waals surface area contributed by atoms with E-state index in [4.69, 9.17) is 5.26 Å². The molecule has 0 saturated carbocycles. The number of thioether (sulfide) groups is 1. The van der Waals surface area contributed by atoms with Crippen LogP contribution in [0.4, 0.5) is 0 Å². The van der Waals surface area contributed by atoms with Crippen LogP contribution in [0, 0.1) is 11.5 Å². The minimum Gasteiger partial charge on any atom is -0.353 e. The van der Waals surface area contributed by atoms with Crippen LogP contribution in [0.3, 0.4) is 0 Å². The van der Waals surface area contributed by atoms with Gasteiger partial charge >= 0.3 is 0 Å². The molecule has 0 unspecified atom stereocenters. The molecule has 0 amide bonds. The van der Waals surface area contributed by atoms with Crippen LogP contribution in [-0.2, 0) is 0 Å². The van der Waals surface area contributed by atoms with Crippen molar-refractivity contribution in [1.29, 1.82) is 5.26 Å². The summed E-state index contributed by atoms with van der Waals surface area (Å²) in [6, 6.07) is 0. The van der Waals surface area contributed by atoms with Crippen LogP contribution in [-0.4, -0.2) is 29.4 Å². The van der Waals surface area contributed by atoms with Crippen molar-refractivity contribution < 1.29 is 0 Å². The molecule has 0 aliphatic carbocycles. The van der Waals surface area contributed by atoms with E-state index in [9.17, 15) is 0 Å². The molecular formula is C5H7N3S. The summed E-state index contributed by atoms with van der Waals surface area (Å²) in [5.74, 6) is 1.05. The third kappa shape index (κ3) is 1.36. The summed E-state index contributed by atoms with van der Waals surface area (Å²) < 4.78 is 0. The van der Waals surface area contributed by atoms with Crippen molar-refractivity contribution in [2.24, 2.45) is 4.99 Å². The van der Waals surface area contributed by atoms with Crippen LogP contribution in [0.25, 0.3) is 0 Å². The molecule has 1 saturated heterocycles. The Bertz CT molecular complexity index is 170. The Labute approximate surface area is 58.4 Å². The minimum atomic E-state index is 0.845. The van der Waals surface area contributed by atoms with E-state index in [1.807, 2.05) is 11.9 Å². The summed E-state index contributed by atoms with van der Waals surface area (Å²) in [4.78, 5) is 5.60. The number of amidine groups is 1. The SMILES string of the molecule is CN1CCS/C1=N/C#N. The zero-order valence-electron chi connectivity index (χ0n) is 5.16. The molecule has 0 aromatic heterocycles. The Balaban J connectivity index is 2.62. The maximum Gasteiger partial charge on any atom is 0.208 e. The van der Waals surface area contributed by atoms with Crippen molar-refractivity contribution in [3.63, 3.8) is 0 Å². The van der Waals surface area contributed by atoms with E-state index < -0.39 is 0 Å². The third-order valence-corrected chi connectivity index (χ3v) is 2.18. The van der Waals surface area contributed by atoms with Crippen molar-refractivity contribution in [3.05, 3.63) is 0 Å². The first-order valence-corrected chi connectivity index (χ1v) is 3.64. The number of hydrogen-bond donors (Lipinski definition) is 0. The maximum atomic E-state index is 8.17. The maximum absolute atomic E-state index is 8.17. The van der Waals surface area contributed by atoms with Gasteiger partial charge in [0.1, 0.15) is 0 Å². The first-order chi connectivity index (χ1) is 4.34. The molecule has 9 heavy (non-hydrogen) atoms. The summed E-state index contributed by atoms with van der Waals surface area (Å²) in [7, 11) is 1.94. The summed E-state index contributed by atoms with van der Waals surface area (Å²) in [6.07, 6.45) is 1.77. The summed E-state index contributed by atoms with van der Waals surface area (Å²) >= 11 is 1.63. The van der Waals surface area contributed by atoms with Gasteiger partial charge in [0.05, 0.1) is 0 Å². The van der Waals surface area contributed by atoms with Gasteiger partial charge in [-0.2, -0.15) is 5.26 Å². The van der Waals surface area contributed by atoms with E-state index in [1.54, 1.807) is 18.0 Å². The lowest BCUT2D eigenvalue weighted by Gasteiger charge is -2.06. The average molecular weight is 141 g/mol. The molecular weight excluding hydrogens is 134 g/mol. The Kier molecular flexibility index (Phi) is 1.96.